The van der Waals surface area contributed by atoms with Crippen LogP contribution in [0.4, 0.5) is 11.5 Å². The maximum Gasteiger partial charge on any atom is 0.272 e. The highest BCUT2D eigenvalue weighted by Gasteiger charge is 2.32. The lowest BCUT2D eigenvalue weighted by molar-refractivity contribution is -0.119. The normalized spacial score (nSPS) is 16.0. The van der Waals surface area contributed by atoms with Gasteiger partial charge in [-0.1, -0.05) is 41.9 Å². The fourth-order valence-electron chi connectivity index (χ4n) is 3.14. The quantitative estimate of drug-likeness (QED) is 0.562. The van der Waals surface area contributed by atoms with E-state index in [1.54, 1.807) is 13.1 Å². The molecule has 1 aliphatic heterocycles. The van der Waals surface area contributed by atoms with E-state index in [0.717, 1.165) is 11.3 Å². The van der Waals surface area contributed by atoms with E-state index >= 15 is 0 Å². The molecule has 4 rings (SSSR count). The molecular formula is C19H18ClN7O2. The zero-order chi connectivity index (χ0) is 20.4. The van der Waals surface area contributed by atoms with Gasteiger partial charge in [-0.15, -0.1) is 0 Å². The minimum Gasteiger partial charge on any atom is -0.366 e. The summed E-state index contributed by atoms with van der Waals surface area (Å²) in [6.07, 6.45) is 1.93. The largest absolute Gasteiger partial charge is 0.366 e. The number of aromatic nitrogens is 4. The van der Waals surface area contributed by atoms with E-state index in [9.17, 15) is 9.59 Å². The number of anilines is 2. The standard InChI is InChI=1S/C19H18ClN7O2/c1-27-15-16(20)22-10-23-17(15)21-9-14(19(27)29)24-18(28)13-8-12(25-26-13)7-11-5-3-2-4-6-11/h2-6,8,10,14H,7,9H2,1H3,(H,24,28)(H,25,26)(H,21,22,23)/t14-/m0/s1. The minimum atomic E-state index is -0.813. The summed E-state index contributed by atoms with van der Waals surface area (Å²) in [6.45, 7) is 0.163. The van der Waals surface area contributed by atoms with Crippen molar-refractivity contribution in [1.82, 2.24) is 25.5 Å². The van der Waals surface area contributed by atoms with Crippen LogP contribution in [0.3, 0.4) is 0 Å². The van der Waals surface area contributed by atoms with Gasteiger partial charge < -0.3 is 15.5 Å². The molecule has 0 unspecified atom stereocenters. The SMILES string of the molecule is CN1C(=O)[C@@H](NC(=O)c2cc(Cc3ccccc3)[nH]n2)CNc2ncnc(Cl)c21. The number of fused-ring (bicyclic) bond motifs is 1. The van der Waals surface area contributed by atoms with Gasteiger partial charge in [0.1, 0.15) is 23.8 Å². The lowest BCUT2D eigenvalue weighted by Crippen LogP contribution is -2.49. The van der Waals surface area contributed by atoms with Crippen molar-refractivity contribution in [2.24, 2.45) is 0 Å². The Morgan fingerprint density at radius 3 is 2.90 bits per heavy atom. The van der Waals surface area contributed by atoms with Crippen molar-refractivity contribution >= 4 is 34.9 Å². The summed E-state index contributed by atoms with van der Waals surface area (Å²) < 4.78 is 0. The van der Waals surface area contributed by atoms with E-state index in [4.69, 9.17) is 11.6 Å². The molecule has 0 fully saturated rings. The number of rotatable bonds is 4. The second-order valence-corrected chi connectivity index (χ2v) is 6.96. The average Bonchev–Trinajstić information content (AvgIpc) is 3.15. The molecule has 2 amide bonds. The van der Waals surface area contributed by atoms with Gasteiger partial charge in [0.15, 0.2) is 11.0 Å². The predicted molar refractivity (Wildman–Crippen MR) is 108 cm³/mol. The maximum atomic E-state index is 12.8. The topological polar surface area (TPSA) is 116 Å². The summed E-state index contributed by atoms with van der Waals surface area (Å²) in [5.41, 5.74) is 2.49. The van der Waals surface area contributed by atoms with E-state index < -0.39 is 11.9 Å². The summed E-state index contributed by atoms with van der Waals surface area (Å²) in [6, 6.07) is 10.7. The fourth-order valence-corrected chi connectivity index (χ4v) is 3.40. The molecule has 29 heavy (non-hydrogen) atoms. The first-order chi connectivity index (χ1) is 14.0. The number of halogens is 1. The first kappa shape index (κ1) is 18.9. The molecule has 1 aliphatic rings. The number of hydrogen-bond acceptors (Lipinski definition) is 6. The Balaban J connectivity index is 1.46. The number of carbonyl (C=O) groups excluding carboxylic acids is 2. The Bertz CT molecular complexity index is 1050. The summed E-state index contributed by atoms with van der Waals surface area (Å²) in [5.74, 6) is -0.346. The lowest BCUT2D eigenvalue weighted by Gasteiger charge is -2.20. The average molecular weight is 412 g/mol. The van der Waals surface area contributed by atoms with Gasteiger partial charge in [-0.05, 0) is 11.6 Å². The van der Waals surface area contributed by atoms with Crippen LogP contribution in [0, 0.1) is 0 Å². The van der Waals surface area contributed by atoms with Crippen LogP contribution >= 0.6 is 11.6 Å². The molecule has 0 bridgehead atoms. The van der Waals surface area contributed by atoms with Crippen molar-refractivity contribution in [1.29, 1.82) is 0 Å². The Kier molecular flexibility index (Phi) is 5.13. The number of likely N-dealkylation sites (N-methyl/N-ethyl adjacent to an activating group) is 1. The highest BCUT2D eigenvalue weighted by atomic mass is 35.5. The molecule has 1 atom stereocenters. The molecular weight excluding hydrogens is 394 g/mol. The molecule has 148 valence electrons. The molecule has 3 heterocycles. The third-order valence-corrected chi connectivity index (χ3v) is 4.90. The van der Waals surface area contributed by atoms with Gasteiger partial charge in [0.2, 0.25) is 0 Å². The van der Waals surface area contributed by atoms with Crippen LogP contribution in [-0.4, -0.2) is 51.6 Å². The third kappa shape index (κ3) is 3.90. The number of hydrogen-bond donors (Lipinski definition) is 3. The number of carbonyl (C=O) groups is 2. The van der Waals surface area contributed by atoms with Crippen LogP contribution in [0.25, 0.3) is 0 Å². The van der Waals surface area contributed by atoms with Crippen molar-refractivity contribution in [3.8, 4) is 0 Å². The molecule has 0 saturated carbocycles. The predicted octanol–water partition coefficient (Wildman–Crippen LogP) is 1.63. The molecule has 2 aromatic heterocycles. The summed E-state index contributed by atoms with van der Waals surface area (Å²) in [7, 11) is 1.56. The van der Waals surface area contributed by atoms with Crippen molar-refractivity contribution in [2.45, 2.75) is 12.5 Å². The Morgan fingerprint density at radius 1 is 1.31 bits per heavy atom. The van der Waals surface area contributed by atoms with Gasteiger partial charge in [0.05, 0.1) is 0 Å². The number of nitrogens with zero attached hydrogens (tertiary/aromatic N) is 4. The van der Waals surface area contributed by atoms with Crippen LogP contribution in [0.5, 0.6) is 0 Å². The molecule has 10 heteroatoms. The molecule has 3 N–H and O–H groups in total. The van der Waals surface area contributed by atoms with Crippen LogP contribution in [-0.2, 0) is 11.2 Å². The Morgan fingerprint density at radius 2 is 2.10 bits per heavy atom. The number of nitrogens with one attached hydrogen (secondary N) is 3. The number of aromatic amines is 1. The zero-order valence-electron chi connectivity index (χ0n) is 15.5. The zero-order valence-corrected chi connectivity index (χ0v) is 16.3. The summed E-state index contributed by atoms with van der Waals surface area (Å²) in [4.78, 5) is 34.8. The van der Waals surface area contributed by atoms with Crippen molar-refractivity contribution in [2.75, 3.05) is 23.8 Å². The molecule has 0 spiro atoms. The molecule has 0 radical (unpaired) electrons. The highest BCUT2D eigenvalue weighted by Crippen LogP contribution is 2.31. The number of benzene rings is 1. The van der Waals surface area contributed by atoms with E-state index in [2.05, 4.69) is 30.8 Å². The number of H-pyrrole nitrogens is 1. The van der Waals surface area contributed by atoms with Gasteiger partial charge in [-0.25, -0.2) is 9.97 Å². The van der Waals surface area contributed by atoms with Crippen LogP contribution in [0.1, 0.15) is 21.7 Å². The summed E-state index contributed by atoms with van der Waals surface area (Å²) in [5, 5.41) is 12.8. The fraction of sp³-hybridized carbons (Fsp3) is 0.211. The summed E-state index contributed by atoms with van der Waals surface area (Å²) >= 11 is 6.11. The third-order valence-electron chi connectivity index (χ3n) is 4.62. The van der Waals surface area contributed by atoms with Gasteiger partial charge in [0.25, 0.3) is 11.8 Å². The van der Waals surface area contributed by atoms with Gasteiger partial charge in [-0.2, -0.15) is 5.10 Å². The monoisotopic (exact) mass is 411 g/mol. The van der Waals surface area contributed by atoms with E-state index in [1.165, 1.54) is 11.2 Å². The Hall–Kier alpha value is -3.46. The van der Waals surface area contributed by atoms with Crippen molar-refractivity contribution in [3.63, 3.8) is 0 Å². The molecule has 1 aromatic carbocycles. The second kappa shape index (κ2) is 7.88. The molecule has 0 saturated heterocycles. The van der Waals surface area contributed by atoms with E-state index in [-0.39, 0.29) is 23.3 Å². The van der Waals surface area contributed by atoms with Crippen molar-refractivity contribution < 1.29 is 9.59 Å². The van der Waals surface area contributed by atoms with Gasteiger partial charge >= 0.3 is 0 Å². The van der Waals surface area contributed by atoms with E-state index in [0.29, 0.717) is 17.9 Å². The van der Waals surface area contributed by atoms with Gasteiger partial charge in [-0.3, -0.25) is 14.7 Å². The highest BCUT2D eigenvalue weighted by molar-refractivity contribution is 6.33. The Labute approximate surface area is 171 Å². The molecule has 0 aliphatic carbocycles. The molecule has 9 nitrogen and oxygen atoms in total. The van der Waals surface area contributed by atoms with Crippen LogP contribution in [0.15, 0.2) is 42.7 Å². The van der Waals surface area contributed by atoms with Gasteiger partial charge in [0, 0.05) is 25.7 Å². The smallest absolute Gasteiger partial charge is 0.272 e. The maximum absolute atomic E-state index is 12.8. The molecule has 3 aromatic rings. The number of amides is 2. The van der Waals surface area contributed by atoms with Crippen LogP contribution < -0.4 is 15.5 Å². The van der Waals surface area contributed by atoms with Crippen LogP contribution in [0.2, 0.25) is 5.15 Å². The van der Waals surface area contributed by atoms with Crippen molar-refractivity contribution in [3.05, 3.63) is 64.8 Å². The van der Waals surface area contributed by atoms with E-state index in [1.807, 2.05) is 30.3 Å². The minimum absolute atomic E-state index is 0.156. The first-order valence-corrected chi connectivity index (χ1v) is 9.31. The second-order valence-electron chi connectivity index (χ2n) is 6.61. The lowest BCUT2D eigenvalue weighted by atomic mass is 10.1. The first-order valence-electron chi connectivity index (χ1n) is 8.94.